The van der Waals surface area contributed by atoms with Gasteiger partial charge in [0.15, 0.2) is 0 Å². The van der Waals surface area contributed by atoms with Gasteiger partial charge in [0.1, 0.15) is 11.5 Å². The van der Waals surface area contributed by atoms with Crippen molar-refractivity contribution in [2.75, 3.05) is 104 Å². The number of nitrogen functional groups attached to an aromatic ring is 2. The van der Waals surface area contributed by atoms with Crippen LogP contribution in [0.25, 0.3) is 0 Å². The van der Waals surface area contributed by atoms with E-state index in [-0.39, 0.29) is 13.2 Å². The van der Waals surface area contributed by atoms with E-state index in [0.29, 0.717) is 12.1 Å². The second-order valence-corrected chi connectivity index (χ2v) is 13.4. The molecule has 2 aliphatic carbocycles. The second kappa shape index (κ2) is 17.0. The molecular weight excluding hydrogens is 580 g/mol. The summed E-state index contributed by atoms with van der Waals surface area (Å²) >= 11 is 0. The Morgan fingerprint density at radius 2 is 1.02 bits per heavy atom. The Kier molecular flexibility index (Phi) is 12.8. The number of fused-ring (bicyclic) bond motifs is 2. The number of anilines is 2. The molecule has 0 bridgehead atoms. The van der Waals surface area contributed by atoms with Gasteiger partial charge in [-0.25, -0.2) is 0 Å². The number of piperazine rings is 2. The van der Waals surface area contributed by atoms with Crippen LogP contribution in [0, 0.1) is 0 Å². The third kappa shape index (κ3) is 8.45. The number of aliphatic hydroxyl groups is 2. The minimum atomic E-state index is 0.262. The van der Waals surface area contributed by atoms with E-state index in [4.69, 9.17) is 31.2 Å². The van der Waals surface area contributed by atoms with Gasteiger partial charge < -0.3 is 31.2 Å². The first-order valence-electron chi connectivity index (χ1n) is 17.5. The van der Waals surface area contributed by atoms with Gasteiger partial charge in [0, 0.05) is 77.5 Å². The van der Waals surface area contributed by atoms with Crippen molar-refractivity contribution < 1.29 is 19.7 Å². The molecule has 0 aromatic heterocycles. The standard InChI is InChI=1S/2C18H29N3O2/c2*1-23-18-16-4-2-3-15(13-14(16)5-6-17(18)19)21-9-7-20(8-10-21)11-12-22/h2*5-6,15,22H,2-4,7-13,19H2,1H3/t15-;/m0./s1. The molecule has 2 aromatic rings. The zero-order valence-corrected chi connectivity index (χ0v) is 28.3. The molecule has 2 saturated heterocycles. The molecule has 46 heavy (non-hydrogen) atoms. The summed E-state index contributed by atoms with van der Waals surface area (Å²) in [7, 11) is 3.43. The molecule has 2 aromatic carbocycles. The number of rotatable bonds is 8. The van der Waals surface area contributed by atoms with E-state index in [0.717, 1.165) is 114 Å². The van der Waals surface area contributed by atoms with Gasteiger partial charge >= 0.3 is 0 Å². The van der Waals surface area contributed by atoms with Crippen molar-refractivity contribution in [3.05, 3.63) is 46.5 Å². The Morgan fingerprint density at radius 1 is 0.630 bits per heavy atom. The van der Waals surface area contributed by atoms with Crippen LogP contribution in [0.3, 0.4) is 0 Å². The molecule has 2 heterocycles. The fourth-order valence-corrected chi connectivity index (χ4v) is 8.14. The van der Waals surface area contributed by atoms with Crippen LogP contribution in [0.1, 0.15) is 47.9 Å². The Hall–Kier alpha value is -2.60. The number of aliphatic hydroxyl groups excluding tert-OH is 2. The SMILES string of the molecule is COc1c(N)ccc2c1CCCC(N1CCN(CCO)CC1)C2.COc1c(N)ccc2c1CCC[C@H](N1CCN(CCO)CC1)C2. The van der Waals surface area contributed by atoms with Gasteiger partial charge in [0.25, 0.3) is 0 Å². The number of benzene rings is 2. The molecule has 2 fully saturated rings. The number of hydrogen-bond acceptors (Lipinski definition) is 10. The van der Waals surface area contributed by atoms with E-state index >= 15 is 0 Å². The van der Waals surface area contributed by atoms with Crippen LogP contribution in [-0.2, 0) is 25.7 Å². The monoisotopic (exact) mass is 638 g/mol. The smallest absolute Gasteiger partial charge is 0.145 e. The summed E-state index contributed by atoms with van der Waals surface area (Å²) in [6, 6.07) is 9.57. The fraction of sp³-hybridized carbons (Fsp3) is 0.667. The largest absolute Gasteiger partial charge is 0.494 e. The molecule has 256 valence electrons. The summed E-state index contributed by atoms with van der Waals surface area (Å²) < 4.78 is 11.1. The highest BCUT2D eigenvalue weighted by Crippen LogP contribution is 2.36. The number of nitrogens with two attached hydrogens (primary N) is 2. The van der Waals surface area contributed by atoms with Crippen LogP contribution in [-0.4, -0.2) is 135 Å². The predicted octanol–water partition coefficient (Wildman–Crippen LogP) is 2.27. The molecule has 10 nitrogen and oxygen atoms in total. The van der Waals surface area contributed by atoms with Crippen molar-refractivity contribution in [2.24, 2.45) is 0 Å². The van der Waals surface area contributed by atoms with Gasteiger partial charge in [-0.3, -0.25) is 19.6 Å². The molecule has 6 rings (SSSR count). The third-order valence-corrected chi connectivity index (χ3v) is 10.7. The molecule has 0 amide bonds. The maximum absolute atomic E-state index is 9.07. The van der Waals surface area contributed by atoms with Crippen LogP contribution >= 0.6 is 0 Å². The van der Waals surface area contributed by atoms with Crippen LogP contribution in [0.2, 0.25) is 0 Å². The summed E-state index contributed by atoms with van der Waals surface area (Å²) in [4.78, 5) is 9.97. The van der Waals surface area contributed by atoms with E-state index < -0.39 is 0 Å². The lowest BCUT2D eigenvalue weighted by molar-refractivity contribution is 0.0804. The Balaban J connectivity index is 0.000000181. The number of nitrogens with zero attached hydrogens (tertiary/aromatic N) is 4. The molecular formula is C36H58N6O4. The molecule has 4 aliphatic rings. The average Bonchev–Trinajstić information content (AvgIpc) is 3.43. The number of methoxy groups -OCH3 is 2. The zero-order valence-electron chi connectivity index (χ0n) is 28.3. The molecule has 0 spiro atoms. The van der Waals surface area contributed by atoms with Crippen LogP contribution < -0.4 is 20.9 Å². The summed E-state index contributed by atoms with van der Waals surface area (Å²) in [6.07, 6.45) is 9.14. The number of hydrogen-bond donors (Lipinski definition) is 4. The van der Waals surface area contributed by atoms with Crippen molar-refractivity contribution in [1.29, 1.82) is 0 Å². The highest BCUT2D eigenvalue weighted by Gasteiger charge is 2.29. The first-order valence-corrected chi connectivity index (χ1v) is 17.5. The van der Waals surface area contributed by atoms with Gasteiger partial charge in [0.2, 0.25) is 0 Å². The van der Waals surface area contributed by atoms with E-state index in [1.165, 1.54) is 47.9 Å². The predicted molar refractivity (Wildman–Crippen MR) is 186 cm³/mol. The quantitative estimate of drug-likeness (QED) is 0.253. The van der Waals surface area contributed by atoms with Crippen LogP contribution in [0.5, 0.6) is 11.5 Å². The Labute approximate surface area is 276 Å². The Morgan fingerprint density at radius 3 is 1.37 bits per heavy atom. The maximum atomic E-state index is 9.07. The number of ether oxygens (including phenoxy) is 2. The van der Waals surface area contributed by atoms with Crippen molar-refractivity contribution in [2.45, 2.75) is 63.5 Å². The van der Waals surface area contributed by atoms with E-state index in [1.54, 1.807) is 14.2 Å². The van der Waals surface area contributed by atoms with Crippen molar-refractivity contribution in [3.63, 3.8) is 0 Å². The van der Waals surface area contributed by atoms with Crippen LogP contribution in [0.15, 0.2) is 24.3 Å². The van der Waals surface area contributed by atoms with Crippen LogP contribution in [0.4, 0.5) is 11.4 Å². The molecule has 2 atom stereocenters. The molecule has 1 unspecified atom stereocenters. The topological polar surface area (TPSA) is 124 Å². The molecule has 0 radical (unpaired) electrons. The third-order valence-electron chi connectivity index (χ3n) is 10.7. The highest BCUT2D eigenvalue weighted by atomic mass is 16.5. The molecule has 0 saturated carbocycles. The Bertz CT molecular complexity index is 1150. The average molecular weight is 639 g/mol. The lowest BCUT2D eigenvalue weighted by Gasteiger charge is -2.39. The highest BCUT2D eigenvalue weighted by molar-refractivity contribution is 5.60. The molecule has 2 aliphatic heterocycles. The first-order chi connectivity index (χ1) is 22.4. The van der Waals surface area contributed by atoms with E-state index in [2.05, 4.69) is 31.7 Å². The lowest BCUT2D eigenvalue weighted by Crippen LogP contribution is -2.51. The van der Waals surface area contributed by atoms with E-state index in [1.807, 2.05) is 12.1 Å². The summed E-state index contributed by atoms with van der Waals surface area (Å²) in [6.45, 7) is 10.8. The lowest BCUT2D eigenvalue weighted by atomic mass is 9.99. The first kappa shape index (κ1) is 34.7. The van der Waals surface area contributed by atoms with Gasteiger partial charge in [-0.1, -0.05) is 12.1 Å². The number of β-amino-alcohol motifs (C(OH)–C–C–N with tert-alkyl or cyclic N) is 2. The normalized spacial score (nSPS) is 23.3. The summed E-state index contributed by atoms with van der Waals surface area (Å²) in [5, 5.41) is 18.1. The maximum Gasteiger partial charge on any atom is 0.145 e. The van der Waals surface area contributed by atoms with Crippen molar-refractivity contribution in [1.82, 2.24) is 19.6 Å². The molecule has 10 heteroatoms. The minimum Gasteiger partial charge on any atom is -0.494 e. The van der Waals surface area contributed by atoms with Gasteiger partial charge in [-0.2, -0.15) is 0 Å². The van der Waals surface area contributed by atoms with Crippen molar-refractivity contribution >= 4 is 11.4 Å². The van der Waals surface area contributed by atoms with Gasteiger partial charge in [-0.05, 0) is 85.8 Å². The summed E-state index contributed by atoms with van der Waals surface area (Å²) in [5.41, 5.74) is 19.1. The minimum absolute atomic E-state index is 0.262. The second-order valence-electron chi connectivity index (χ2n) is 13.4. The molecule has 6 N–H and O–H groups in total. The fourth-order valence-electron chi connectivity index (χ4n) is 8.14. The van der Waals surface area contributed by atoms with Crippen molar-refractivity contribution in [3.8, 4) is 11.5 Å². The zero-order chi connectivity index (χ0) is 32.5. The van der Waals surface area contributed by atoms with Gasteiger partial charge in [-0.15, -0.1) is 0 Å². The summed E-state index contributed by atoms with van der Waals surface area (Å²) in [5.74, 6) is 1.77. The van der Waals surface area contributed by atoms with E-state index in [9.17, 15) is 0 Å². The van der Waals surface area contributed by atoms with Gasteiger partial charge in [0.05, 0.1) is 38.8 Å².